The molecule has 1 heterocycles. The number of benzene rings is 8. The van der Waals surface area contributed by atoms with Crippen LogP contribution in [0.1, 0.15) is 0 Å². The van der Waals surface area contributed by atoms with Crippen molar-refractivity contribution in [1.29, 1.82) is 0 Å². The Balaban J connectivity index is 1.34. The van der Waals surface area contributed by atoms with Gasteiger partial charge in [0.1, 0.15) is 0 Å². The largest absolute Gasteiger partial charge is 0.310 e. The summed E-state index contributed by atoms with van der Waals surface area (Å²) in [5, 5.41) is 4.98. The Morgan fingerprint density at radius 2 is 1.00 bits per heavy atom. The number of hydrogen-bond acceptors (Lipinski definition) is 1. The highest BCUT2D eigenvalue weighted by molar-refractivity contribution is 6.23. The van der Waals surface area contributed by atoms with Crippen LogP contribution < -0.4 is 4.90 Å². The summed E-state index contributed by atoms with van der Waals surface area (Å²) in [5.41, 5.74) is 11.7. The molecule has 0 amide bonds. The van der Waals surface area contributed by atoms with E-state index in [1.165, 1.54) is 54.8 Å². The molecule has 0 saturated heterocycles. The lowest BCUT2D eigenvalue weighted by Gasteiger charge is -2.28. The summed E-state index contributed by atoms with van der Waals surface area (Å²) < 4.78 is 2.41. The van der Waals surface area contributed by atoms with Crippen LogP contribution in [0.15, 0.2) is 194 Å². The van der Waals surface area contributed by atoms with Gasteiger partial charge in [-0.05, 0) is 82.1 Å². The maximum absolute atomic E-state index is 2.41. The molecule has 2 heteroatoms. The second-order valence-electron chi connectivity index (χ2n) is 12.2. The van der Waals surface area contributed by atoms with E-state index in [1.54, 1.807) is 0 Å². The van der Waals surface area contributed by atoms with E-state index in [2.05, 4.69) is 204 Å². The summed E-state index contributed by atoms with van der Waals surface area (Å²) in [6.07, 6.45) is 0. The molecule has 1 aromatic heterocycles. The van der Waals surface area contributed by atoms with Crippen molar-refractivity contribution < 1.29 is 0 Å². The van der Waals surface area contributed by atoms with E-state index in [1.807, 2.05) is 0 Å². The quantitative estimate of drug-likeness (QED) is 0.181. The van der Waals surface area contributed by atoms with Gasteiger partial charge < -0.3 is 9.47 Å². The van der Waals surface area contributed by atoms with Crippen molar-refractivity contribution in [3.63, 3.8) is 0 Å². The minimum absolute atomic E-state index is 1.11. The van der Waals surface area contributed by atoms with E-state index in [0.29, 0.717) is 0 Å². The predicted molar refractivity (Wildman–Crippen MR) is 204 cm³/mol. The average Bonchev–Trinajstić information content (AvgIpc) is 3.49. The summed E-state index contributed by atoms with van der Waals surface area (Å²) in [6.45, 7) is 0. The first-order valence-corrected chi connectivity index (χ1v) is 16.5. The van der Waals surface area contributed by atoms with E-state index in [4.69, 9.17) is 0 Å². The molecule has 9 rings (SSSR count). The summed E-state index contributed by atoms with van der Waals surface area (Å²) in [5.74, 6) is 0. The molecule has 0 atom stereocenters. The van der Waals surface area contributed by atoms with Crippen molar-refractivity contribution in [3.05, 3.63) is 194 Å². The molecule has 0 bridgehead atoms. The fourth-order valence-corrected chi connectivity index (χ4v) is 7.28. The number of para-hydroxylation sites is 4. The maximum atomic E-state index is 2.41. The third-order valence-electron chi connectivity index (χ3n) is 9.34. The Hall–Kier alpha value is -6.38. The predicted octanol–water partition coefficient (Wildman–Crippen LogP) is 12.7. The first-order chi connectivity index (χ1) is 23.8. The second kappa shape index (κ2) is 11.8. The molecule has 0 N–H and O–H groups in total. The molecule has 2 nitrogen and oxygen atoms in total. The van der Waals surface area contributed by atoms with Crippen molar-refractivity contribution >= 4 is 49.6 Å². The van der Waals surface area contributed by atoms with E-state index in [9.17, 15) is 0 Å². The van der Waals surface area contributed by atoms with Crippen LogP contribution in [0.4, 0.5) is 17.1 Å². The normalized spacial score (nSPS) is 11.3. The fraction of sp³-hybridized carbons (Fsp3) is 0. The van der Waals surface area contributed by atoms with Gasteiger partial charge in [-0.3, -0.25) is 0 Å². The van der Waals surface area contributed by atoms with Crippen LogP contribution in [0.5, 0.6) is 0 Å². The lowest BCUT2D eigenvalue weighted by molar-refractivity contribution is 1.18. The summed E-state index contributed by atoms with van der Waals surface area (Å²) in [7, 11) is 0. The van der Waals surface area contributed by atoms with Gasteiger partial charge in [0.05, 0.1) is 16.7 Å². The zero-order valence-electron chi connectivity index (χ0n) is 26.4. The van der Waals surface area contributed by atoms with Crippen LogP contribution >= 0.6 is 0 Å². The van der Waals surface area contributed by atoms with Gasteiger partial charge >= 0.3 is 0 Å². The number of rotatable bonds is 6. The average molecular weight is 613 g/mol. The highest BCUT2D eigenvalue weighted by Crippen LogP contribution is 2.46. The molecule has 48 heavy (non-hydrogen) atoms. The Bertz CT molecular complexity index is 2550. The lowest BCUT2D eigenvalue weighted by Crippen LogP contribution is -2.11. The Morgan fingerprint density at radius 3 is 1.81 bits per heavy atom. The SMILES string of the molecule is c1ccc(-c2ccccc2N(c2ccccc2)c2cccc(-c3c4ccccc4cc4c3c3ccccc3n4-c3ccccc3)c2)cc1. The van der Waals surface area contributed by atoms with Gasteiger partial charge in [0, 0.05) is 33.4 Å². The van der Waals surface area contributed by atoms with Gasteiger partial charge in [-0.2, -0.15) is 0 Å². The van der Waals surface area contributed by atoms with Crippen LogP contribution in [-0.2, 0) is 0 Å². The van der Waals surface area contributed by atoms with Crippen LogP contribution in [0.3, 0.4) is 0 Å². The number of anilines is 3. The number of hydrogen-bond donors (Lipinski definition) is 0. The molecular weight excluding hydrogens is 581 g/mol. The van der Waals surface area contributed by atoms with Gasteiger partial charge in [0.2, 0.25) is 0 Å². The fourth-order valence-electron chi connectivity index (χ4n) is 7.28. The third-order valence-corrected chi connectivity index (χ3v) is 9.34. The van der Waals surface area contributed by atoms with Crippen molar-refractivity contribution in [1.82, 2.24) is 4.57 Å². The molecule has 0 aliphatic heterocycles. The minimum atomic E-state index is 1.11. The molecule has 0 saturated carbocycles. The molecular formula is C46H32N2. The van der Waals surface area contributed by atoms with Crippen molar-refractivity contribution in [2.75, 3.05) is 4.90 Å². The van der Waals surface area contributed by atoms with Crippen LogP contribution in [0.2, 0.25) is 0 Å². The van der Waals surface area contributed by atoms with Crippen LogP contribution in [0, 0.1) is 0 Å². The van der Waals surface area contributed by atoms with Gasteiger partial charge in [-0.1, -0.05) is 140 Å². The lowest BCUT2D eigenvalue weighted by atomic mass is 9.92. The number of fused-ring (bicyclic) bond motifs is 4. The van der Waals surface area contributed by atoms with E-state index in [-0.39, 0.29) is 0 Å². The Kier molecular flexibility index (Phi) is 6.84. The number of aromatic nitrogens is 1. The van der Waals surface area contributed by atoms with Gasteiger partial charge in [-0.15, -0.1) is 0 Å². The van der Waals surface area contributed by atoms with Gasteiger partial charge in [0.15, 0.2) is 0 Å². The van der Waals surface area contributed by atoms with E-state index in [0.717, 1.165) is 22.7 Å². The van der Waals surface area contributed by atoms with Crippen molar-refractivity contribution in [3.8, 4) is 27.9 Å². The first kappa shape index (κ1) is 27.9. The Morgan fingerprint density at radius 1 is 0.396 bits per heavy atom. The zero-order valence-corrected chi connectivity index (χ0v) is 26.4. The van der Waals surface area contributed by atoms with Gasteiger partial charge in [0.25, 0.3) is 0 Å². The maximum Gasteiger partial charge on any atom is 0.0553 e. The molecule has 0 aliphatic carbocycles. The molecule has 0 radical (unpaired) electrons. The number of nitrogens with zero attached hydrogens (tertiary/aromatic N) is 2. The topological polar surface area (TPSA) is 8.17 Å². The van der Waals surface area contributed by atoms with E-state index < -0.39 is 0 Å². The third kappa shape index (κ3) is 4.66. The molecule has 0 spiro atoms. The molecule has 9 aromatic rings. The highest BCUT2D eigenvalue weighted by atomic mass is 15.1. The Labute approximate surface area is 280 Å². The monoisotopic (exact) mass is 612 g/mol. The summed E-state index contributed by atoms with van der Waals surface area (Å²) >= 11 is 0. The molecule has 0 unspecified atom stereocenters. The van der Waals surface area contributed by atoms with Crippen molar-refractivity contribution in [2.45, 2.75) is 0 Å². The molecule has 226 valence electrons. The first-order valence-electron chi connectivity index (χ1n) is 16.5. The highest BCUT2D eigenvalue weighted by Gasteiger charge is 2.21. The molecule has 8 aromatic carbocycles. The summed E-state index contributed by atoms with van der Waals surface area (Å²) in [4.78, 5) is 2.39. The van der Waals surface area contributed by atoms with Gasteiger partial charge in [-0.25, -0.2) is 0 Å². The van der Waals surface area contributed by atoms with Crippen LogP contribution in [-0.4, -0.2) is 4.57 Å². The summed E-state index contributed by atoms with van der Waals surface area (Å²) in [6, 6.07) is 69.8. The van der Waals surface area contributed by atoms with E-state index >= 15 is 0 Å². The smallest absolute Gasteiger partial charge is 0.0553 e. The second-order valence-corrected chi connectivity index (χ2v) is 12.2. The minimum Gasteiger partial charge on any atom is -0.310 e. The van der Waals surface area contributed by atoms with Crippen molar-refractivity contribution in [2.24, 2.45) is 0 Å². The molecule has 0 aliphatic rings. The van der Waals surface area contributed by atoms with Crippen LogP contribution in [0.25, 0.3) is 60.5 Å². The standard InChI is InChI=1S/C46H32N2/c1-4-17-33(18-5-1)39-26-12-14-29-42(39)47(36-21-6-2-7-22-36)38-25-16-20-35(31-38)45-40-27-11-10-19-34(40)32-44-46(45)41-28-13-15-30-43(41)48(44)37-23-8-3-9-24-37/h1-32H. The zero-order chi connectivity index (χ0) is 31.9. The molecule has 0 fully saturated rings.